The minimum atomic E-state index is -0.200. The molecule has 0 unspecified atom stereocenters. The van der Waals surface area contributed by atoms with Crippen molar-refractivity contribution in [3.8, 4) is 0 Å². The molecule has 5 heteroatoms. The second-order valence-corrected chi connectivity index (χ2v) is 5.45. The summed E-state index contributed by atoms with van der Waals surface area (Å²) >= 11 is 7.36. The summed E-state index contributed by atoms with van der Waals surface area (Å²) in [6.07, 6.45) is 0. The Morgan fingerprint density at radius 2 is 2.18 bits per heavy atom. The van der Waals surface area contributed by atoms with Crippen LogP contribution >= 0.6 is 22.9 Å². The molecule has 0 spiro atoms. The summed E-state index contributed by atoms with van der Waals surface area (Å²) in [5.41, 5.74) is 1.15. The summed E-state index contributed by atoms with van der Waals surface area (Å²) in [5, 5.41) is 4.25. The van der Waals surface area contributed by atoms with Crippen LogP contribution in [0.4, 0.5) is 5.69 Å². The molecular weight excluding hydrogens is 256 g/mol. The molecule has 1 aromatic carbocycles. The lowest BCUT2D eigenvalue weighted by Crippen LogP contribution is -2.13. The molecule has 1 aromatic heterocycles. The lowest BCUT2D eigenvalue weighted by atomic mass is 10.3. The molecule has 0 bridgehead atoms. The molecule has 1 N–H and O–H groups in total. The number of carbonyl (C=O) groups is 1. The molecule has 0 saturated carbocycles. The third kappa shape index (κ3) is 2.84. The molecule has 2 rings (SSSR count). The Morgan fingerprint density at radius 1 is 1.41 bits per heavy atom. The van der Waals surface area contributed by atoms with Crippen molar-refractivity contribution in [1.29, 1.82) is 0 Å². The first-order chi connectivity index (χ1) is 8.06. The van der Waals surface area contributed by atoms with Gasteiger partial charge in [-0.05, 0) is 32.0 Å². The van der Waals surface area contributed by atoms with Crippen LogP contribution in [0.1, 0.15) is 20.4 Å². The highest BCUT2D eigenvalue weighted by Crippen LogP contribution is 2.19. The maximum Gasteiger partial charge on any atom is 0.275 e. The number of halogens is 1. The number of amides is 1. The molecule has 0 fully saturated rings. The molecule has 0 atom stereocenters. The number of carbonyl (C=O) groups excluding carboxylic acids is 1. The van der Waals surface area contributed by atoms with Crippen molar-refractivity contribution in [2.24, 2.45) is 0 Å². The van der Waals surface area contributed by atoms with Crippen LogP contribution in [-0.2, 0) is 0 Å². The van der Waals surface area contributed by atoms with Gasteiger partial charge in [-0.1, -0.05) is 17.7 Å². The van der Waals surface area contributed by atoms with Crippen molar-refractivity contribution in [3.63, 3.8) is 0 Å². The molecular formula is C12H11ClN2OS. The van der Waals surface area contributed by atoms with E-state index in [0.717, 1.165) is 9.88 Å². The van der Waals surface area contributed by atoms with Gasteiger partial charge in [-0.3, -0.25) is 4.79 Å². The monoisotopic (exact) mass is 266 g/mol. The zero-order chi connectivity index (χ0) is 12.4. The third-order valence-electron chi connectivity index (χ3n) is 2.20. The second kappa shape index (κ2) is 4.85. The topological polar surface area (TPSA) is 42.0 Å². The number of anilines is 1. The number of nitrogens with zero attached hydrogens (tertiary/aromatic N) is 1. The normalized spacial score (nSPS) is 10.3. The lowest BCUT2D eigenvalue weighted by Gasteiger charge is -2.03. The van der Waals surface area contributed by atoms with E-state index < -0.39 is 0 Å². The number of hydrogen-bond acceptors (Lipinski definition) is 3. The van der Waals surface area contributed by atoms with E-state index in [2.05, 4.69) is 10.3 Å². The highest BCUT2D eigenvalue weighted by atomic mass is 35.5. The van der Waals surface area contributed by atoms with Gasteiger partial charge in [0, 0.05) is 15.6 Å². The zero-order valence-corrected chi connectivity index (χ0v) is 11.0. The quantitative estimate of drug-likeness (QED) is 0.901. The Bertz CT molecular complexity index is 565. The van der Waals surface area contributed by atoms with Gasteiger partial charge in [0.1, 0.15) is 5.69 Å². The summed E-state index contributed by atoms with van der Waals surface area (Å²) in [6, 6.07) is 7.04. The molecule has 88 valence electrons. The number of nitrogens with one attached hydrogen (secondary N) is 1. The largest absolute Gasteiger partial charge is 0.321 e. The highest BCUT2D eigenvalue weighted by molar-refractivity contribution is 7.11. The molecule has 2 aromatic rings. The number of benzene rings is 1. The third-order valence-corrected chi connectivity index (χ3v) is 3.32. The van der Waals surface area contributed by atoms with Crippen molar-refractivity contribution >= 4 is 34.5 Å². The van der Waals surface area contributed by atoms with Gasteiger partial charge in [0.15, 0.2) is 0 Å². The Labute approximate surface area is 108 Å². The van der Waals surface area contributed by atoms with Gasteiger partial charge in [-0.2, -0.15) is 0 Å². The second-order valence-electron chi connectivity index (χ2n) is 3.60. The maximum atomic E-state index is 11.9. The average Bonchev–Trinajstić information content (AvgIpc) is 2.58. The molecule has 1 heterocycles. The van der Waals surface area contributed by atoms with Gasteiger partial charge in [0.25, 0.3) is 5.91 Å². The summed E-state index contributed by atoms with van der Waals surface area (Å²) in [4.78, 5) is 17.1. The van der Waals surface area contributed by atoms with E-state index in [1.165, 1.54) is 11.3 Å². The summed E-state index contributed by atoms with van der Waals surface area (Å²) in [5.74, 6) is -0.200. The first kappa shape index (κ1) is 12.1. The van der Waals surface area contributed by atoms with Crippen LogP contribution in [0.25, 0.3) is 0 Å². The zero-order valence-electron chi connectivity index (χ0n) is 9.45. The number of aromatic nitrogens is 1. The van der Waals surface area contributed by atoms with Crippen LogP contribution in [0, 0.1) is 13.8 Å². The Hall–Kier alpha value is -1.39. The Morgan fingerprint density at radius 3 is 2.76 bits per heavy atom. The lowest BCUT2D eigenvalue weighted by molar-refractivity contribution is 0.102. The summed E-state index contributed by atoms with van der Waals surface area (Å²) < 4.78 is 0. The van der Waals surface area contributed by atoms with Gasteiger partial charge in [0.05, 0.1) is 5.01 Å². The molecule has 0 aliphatic rings. The average molecular weight is 267 g/mol. The first-order valence-corrected chi connectivity index (χ1v) is 6.26. The molecule has 3 nitrogen and oxygen atoms in total. The Kier molecular flexibility index (Phi) is 3.45. The molecule has 0 saturated heterocycles. The van der Waals surface area contributed by atoms with Gasteiger partial charge in [-0.15, -0.1) is 11.3 Å². The fourth-order valence-corrected chi connectivity index (χ4v) is 2.50. The molecule has 0 aliphatic carbocycles. The SMILES string of the molecule is Cc1nc(C(=O)Nc2cccc(Cl)c2)c(C)s1. The van der Waals surface area contributed by atoms with E-state index in [9.17, 15) is 4.79 Å². The first-order valence-electron chi connectivity index (χ1n) is 5.07. The fourth-order valence-electron chi connectivity index (χ4n) is 1.50. The van der Waals surface area contributed by atoms with E-state index >= 15 is 0 Å². The molecule has 17 heavy (non-hydrogen) atoms. The van der Waals surface area contributed by atoms with Gasteiger partial charge < -0.3 is 5.32 Å². The minimum absolute atomic E-state index is 0.200. The van der Waals surface area contributed by atoms with Crippen molar-refractivity contribution in [2.45, 2.75) is 13.8 Å². The van der Waals surface area contributed by atoms with Crippen LogP contribution in [0.2, 0.25) is 5.02 Å². The highest BCUT2D eigenvalue weighted by Gasteiger charge is 2.13. The van der Waals surface area contributed by atoms with Gasteiger partial charge >= 0.3 is 0 Å². The number of aryl methyl sites for hydroxylation is 2. The van der Waals surface area contributed by atoms with Crippen LogP contribution in [0.3, 0.4) is 0 Å². The van der Waals surface area contributed by atoms with Gasteiger partial charge in [-0.25, -0.2) is 4.98 Å². The summed E-state index contributed by atoms with van der Waals surface area (Å²) in [7, 11) is 0. The fraction of sp³-hybridized carbons (Fsp3) is 0.167. The van der Waals surface area contributed by atoms with E-state index in [-0.39, 0.29) is 5.91 Å². The Balaban J connectivity index is 2.20. The van der Waals surface area contributed by atoms with Gasteiger partial charge in [0.2, 0.25) is 0 Å². The van der Waals surface area contributed by atoms with E-state index in [4.69, 9.17) is 11.6 Å². The number of hydrogen-bond donors (Lipinski definition) is 1. The molecule has 0 radical (unpaired) electrons. The smallest absolute Gasteiger partial charge is 0.275 e. The van der Waals surface area contributed by atoms with E-state index in [1.807, 2.05) is 13.8 Å². The number of thiazole rings is 1. The predicted octanol–water partition coefficient (Wildman–Crippen LogP) is 3.67. The van der Waals surface area contributed by atoms with Crippen LogP contribution in [0.5, 0.6) is 0 Å². The van der Waals surface area contributed by atoms with Crippen molar-refractivity contribution < 1.29 is 4.79 Å². The van der Waals surface area contributed by atoms with E-state index in [1.54, 1.807) is 24.3 Å². The molecule has 1 amide bonds. The maximum absolute atomic E-state index is 11.9. The van der Waals surface area contributed by atoms with Crippen LogP contribution in [-0.4, -0.2) is 10.9 Å². The van der Waals surface area contributed by atoms with Crippen molar-refractivity contribution in [2.75, 3.05) is 5.32 Å². The predicted molar refractivity (Wildman–Crippen MR) is 71.0 cm³/mol. The molecule has 0 aliphatic heterocycles. The number of rotatable bonds is 2. The summed E-state index contributed by atoms with van der Waals surface area (Å²) in [6.45, 7) is 3.77. The standard InChI is InChI=1S/C12H11ClN2OS/c1-7-11(14-8(2)17-7)12(16)15-10-5-3-4-9(13)6-10/h3-6H,1-2H3,(H,15,16). The van der Waals surface area contributed by atoms with Crippen LogP contribution in [0.15, 0.2) is 24.3 Å². The van der Waals surface area contributed by atoms with Crippen molar-refractivity contribution in [3.05, 3.63) is 44.9 Å². The van der Waals surface area contributed by atoms with Crippen LogP contribution < -0.4 is 5.32 Å². The van der Waals surface area contributed by atoms with Crippen molar-refractivity contribution in [1.82, 2.24) is 4.98 Å². The minimum Gasteiger partial charge on any atom is -0.321 e. The van der Waals surface area contributed by atoms with E-state index in [0.29, 0.717) is 16.4 Å².